The molecule has 0 aliphatic carbocycles. The monoisotopic (exact) mass is 427 g/mol. The van der Waals surface area contributed by atoms with Crippen LogP contribution in [0.25, 0.3) is 6.08 Å². The molecular formula is C25H21N3O4. The molecule has 3 aromatic carbocycles. The van der Waals surface area contributed by atoms with Crippen LogP contribution in [0.15, 0.2) is 84.4 Å². The molecule has 3 aromatic rings. The second-order valence-electron chi connectivity index (χ2n) is 6.60. The average Bonchev–Trinajstić information content (AvgIpc) is 2.82. The molecule has 0 atom stereocenters. The molecule has 0 bridgehead atoms. The smallest absolute Gasteiger partial charge is 0.266 e. The van der Waals surface area contributed by atoms with E-state index in [-0.39, 0.29) is 18.1 Å². The van der Waals surface area contributed by atoms with E-state index in [0.717, 1.165) is 0 Å². The number of hydrogen-bond donors (Lipinski definition) is 2. The van der Waals surface area contributed by atoms with E-state index >= 15 is 0 Å². The van der Waals surface area contributed by atoms with Gasteiger partial charge in [0, 0.05) is 11.4 Å². The molecule has 0 saturated carbocycles. The number of nitrogens with zero attached hydrogens (tertiary/aromatic N) is 1. The zero-order chi connectivity index (χ0) is 22.8. The highest BCUT2D eigenvalue weighted by Gasteiger charge is 2.12. The molecule has 32 heavy (non-hydrogen) atoms. The predicted octanol–water partition coefficient (Wildman–Crippen LogP) is 4.26. The first-order chi connectivity index (χ1) is 15.6. The van der Waals surface area contributed by atoms with Gasteiger partial charge in [-0.15, -0.1) is 0 Å². The molecule has 3 rings (SSSR count). The van der Waals surface area contributed by atoms with E-state index in [4.69, 9.17) is 9.47 Å². The Labute approximate surface area is 185 Å². The van der Waals surface area contributed by atoms with Crippen molar-refractivity contribution < 1.29 is 19.1 Å². The minimum Gasteiger partial charge on any atom is -0.493 e. The Morgan fingerprint density at radius 3 is 2.12 bits per heavy atom. The molecular weight excluding hydrogens is 406 g/mol. The van der Waals surface area contributed by atoms with Crippen LogP contribution in [-0.4, -0.2) is 25.5 Å². The van der Waals surface area contributed by atoms with Crippen molar-refractivity contribution in [1.29, 1.82) is 5.26 Å². The fourth-order valence-corrected chi connectivity index (χ4v) is 2.79. The lowest BCUT2D eigenvalue weighted by Gasteiger charge is -2.12. The SMILES string of the molecule is COc1cc(/C=C(\C#N)C(=O)Nc2ccccc2)ccc1OCC(=O)Nc1ccccc1. The summed E-state index contributed by atoms with van der Waals surface area (Å²) in [5.74, 6) is -0.103. The summed E-state index contributed by atoms with van der Waals surface area (Å²) in [6.07, 6.45) is 1.45. The molecule has 0 fully saturated rings. The van der Waals surface area contributed by atoms with Gasteiger partial charge in [0.1, 0.15) is 11.6 Å². The minimum atomic E-state index is -0.518. The van der Waals surface area contributed by atoms with Gasteiger partial charge in [0.15, 0.2) is 18.1 Å². The summed E-state index contributed by atoms with van der Waals surface area (Å²) in [5.41, 5.74) is 1.77. The molecule has 7 heteroatoms. The van der Waals surface area contributed by atoms with Crippen LogP contribution in [-0.2, 0) is 9.59 Å². The van der Waals surface area contributed by atoms with Gasteiger partial charge in [0.05, 0.1) is 7.11 Å². The number of rotatable bonds is 8. The Balaban J connectivity index is 1.67. The van der Waals surface area contributed by atoms with Crippen LogP contribution in [0.3, 0.4) is 0 Å². The topological polar surface area (TPSA) is 100 Å². The van der Waals surface area contributed by atoms with E-state index in [1.165, 1.54) is 13.2 Å². The maximum Gasteiger partial charge on any atom is 0.266 e. The standard InChI is InChI=1S/C25H21N3O4/c1-31-23-15-18(14-19(16-26)25(30)28-21-10-6-3-7-11-21)12-13-22(23)32-17-24(29)27-20-8-4-2-5-9-20/h2-15H,17H2,1H3,(H,27,29)(H,28,30)/b19-14+. The van der Waals surface area contributed by atoms with Crippen molar-refractivity contribution >= 4 is 29.3 Å². The summed E-state index contributed by atoms with van der Waals surface area (Å²) in [6, 6.07) is 24.7. The summed E-state index contributed by atoms with van der Waals surface area (Å²) >= 11 is 0. The molecule has 2 amide bonds. The second-order valence-corrected chi connectivity index (χ2v) is 6.60. The van der Waals surface area contributed by atoms with Crippen LogP contribution >= 0.6 is 0 Å². The van der Waals surface area contributed by atoms with Gasteiger partial charge in [0.2, 0.25) is 0 Å². The quantitative estimate of drug-likeness (QED) is 0.413. The van der Waals surface area contributed by atoms with Crippen LogP contribution in [0.2, 0.25) is 0 Å². The highest BCUT2D eigenvalue weighted by Crippen LogP contribution is 2.29. The summed E-state index contributed by atoms with van der Waals surface area (Å²) in [4.78, 5) is 24.5. The first kappa shape index (κ1) is 22.1. The summed E-state index contributed by atoms with van der Waals surface area (Å²) in [7, 11) is 1.47. The molecule has 0 spiro atoms. The number of ether oxygens (including phenoxy) is 2. The van der Waals surface area contributed by atoms with Gasteiger partial charge in [-0.05, 0) is 48.0 Å². The van der Waals surface area contributed by atoms with Crippen LogP contribution in [0.5, 0.6) is 11.5 Å². The Bertz CT molecular complexity index is 1150. The third kappa shape index (κ3) is 6.21. The predicted molar refractivity (Wildman–Crippen MR) is 122 cm³/mol. The van der Waals surface area contributed by atoms with Gasteiger partial charge < -0.3 is 20.1 Å². The molecule has 2 N–H and O–H groups in total. The van der Waals surface area contributed by atoms with E-state index in [9.17, 15) is 14.9 Å². The van der Waals surface area contributed by atoms with Gasteiger partial charge in [-0.25, -0.2) is 0 Å². The van der Waals surface area contributed by atoms with Gasteiger partial charge in [-0.1, -0.05) is 42.5 Å². The summed E-state index contributed by atoms with van der Waals surface area (Å²) < 4.78 is 10.9. The number of nitrogens with one attached hydrogen (secondary N) is 2. The van der Waals surface area contributed by atoms with Crippen molar-refractivity contribution in [1.82, 2.24) is 0 Å². The zero-order valence-electron chi connectivity index (χ0n) is 17.4. The van der Waals surface area contributed by atoms with Crippen LogP contribution in [0.4, 0.5) is 11.4 Å². The highest BCUT2D eigenvalue weighted by molar-refractivity contribution is 6.09. The molecule has 160 valence electrons. The lowest BCUT2D eigenvalue weighted by molar-refractivity contribution is -0.118. The molecule has 0 saturated heterocycles. The molecule has 0 aliphatic rings. The minimum absolute atomic E-state index is 0.0631. The van der Waals surface area contributed by atoms with E-state index in [1.54, 1.807) is 54.6 Å². The summed E-state index contributed by atoms with van der Waals surface area (Å²) in [5, 5.41) is 14.8. The third-order valence-electron chi connectivity index (χ3n) is 4.31. The molecule has 0 aromatic heterocycles. The van der Waals surface area contributed by atoms with E-state index in [2.05, 4.69) is 10.6 Å². The second kappa shape index (κ2) is 11.0. The maximum absolute atomic E-state index is 12.4. The zero-order valence-corrected chi connectivity index (χ0v) is 17.4. The lowest BCUT2D eigenvalue weighted by atomic mass is 10.1. The number of benzene rings is 3. The number of anilines is 2. The molecule has 0 heterocycles. The number of para-hydroxylation sites is 2. The maximum atomic E-state index is 12.4. The van der Waals surface area contributed by atoms with Crippen molar-refractivity contribution in [2.24, 2.45) is 0 Å². The van der Waals surface area contributed by atoms with Gasteiger partial charge in [-0.2, -0.15) is 5.26 Å². The van der Waals surface area contributed by atoms with Gasteiger partial charge >= 0.3 is 0 Å². The number of nitriles is 1. The average molecular weight is 427 g/mol. The number of carbonyl (C=O) groups is 2. The Kier molecular flexibility index (Phi) is 7.60. The van der Waals surface area contributed by atoms with Crippen LogP contribution in [0, 0.1) is 11.3 Å². The van der Waals surface area contributed by atoms with E-state index in [1.807, 2.05) is 30.3 Å². The van der Waals surface area contributed by atoms with Crippen LogP contribution < -0.4 is 20.1 Å². The number of hydrogen-bond acceptors (Lipinski definition) is 5. The fraction of sp³-hybridized carbons (Fsp3) is 0.0800. The number of amides is 2. The lowest BCUT2D eigenvalue weighted by Crippen LogP contribution is -2.20. The Morgan fingerprint density at radius 1 is 0.906 bits per heavy atom. The normalized spacial score (nSPS) is 10.6. The molecule has 0 aliphatic heterocycles. The summed E-state index contributed by atoms with van der Waals surface area (Å²) in [6.45, 7) is -0.205. The fourth-order valence-electron chi connectivity index (χ4n) is 2.79. The van der Waals surface area contributed by atoms with E-state index in [0.29, 0.717) is 28.4 Å². The van der Waals surface area contributed by atoms with Crippen molar-refractivity contribution in [3.05, 3.63) is 90.0 Å². The van der Waals surface area contributed by atoms with Crippen molar-refractivity contribution in [3.63, 3.8) is 0 Å². The Morgan fingerprint density at radius 2 is 1.53 bits per heavy atom. The van der Waals surface area contributed by atoms with Crippen LogP contribution in [0.1, 0.15) is 5.56 Å². The third-order valence-corrected chi connectivity index (χ3v) is 4.31. The van der Waals surface area contributed by atoms with E-state index < -0.39 is 5.91 Å². The molecule has 0 radical (unpaired) electrons. The van der Waals surface area contributed by atoms with Crippen molar-refractivity contribution in [2.45, 2.75) is 0 Å². The highest BCUT2D eigenvalue weighted by atomic mass is 16.5. The number of methoxy groups -OCH3 is 1. The first-order valence-corrected chi connectivity index (χ1v) is 9.73. The largest absolute Gasteiger partial charge is 0.493 e. The van der Waals surface area contributed by atoms with Gasteiger partial charge in [0.25, 0.3) is 11.8 Å². The molecule has 7 nitrogen and oxygen atoms in total. The number of carbonyl (C=O) groups excluding carboxylic acids is 2. The molecule has 0 unspecified atom stereocenters. The van der Waals surface area contributed by atoms with Crippen molar-refractivity contribution in [2.75, 3.05) is 24.4 Å². The Hall–Kier alpha value is -4.57. The van der Waals surface area contributed by atoms with Gasteiger partial charge in [-0.3, -0.25) is 9.59 Å². The first-order valence-electron chi connectivity index (χ1n) is 9.73. The van der Waals surface area contributed by atoms with Crippen molar-refractivity contribution in [3.8, 4) is 17.6 Å².